The van der Waals surface area contributed by atoms with E-state index < -0.39 is 11.8 Å². The number of aryl methyl sites for hydroxylation is 2. The van der Waals surface area contributed by atoms with Crippen molar-refractivity contribution in [3.63, 3.8) is 0 Å². The molecule has 5 nitrogen and oxygen atoms in total. The summed E-state index contributed by atoms with van der Waals surface area (Å²) in [4.78, 5) is 26.9. The van der Waals surface area contributed by atoms with Crippen molar-refractivity contribution in [1.29, 1.82) is 0 Å². The topological polar surface area (TPSA) is 58.6 Å². The molecule has 2 amide bonds. The molecule has 29 heavy (non-hydrogen) atoms. The minimum Gasteiger partial charge on any atom is -0.491 e. The number of amides is 2. The van der Waals surface area contributed by atoms with Gasteiger partial charge in [0.1, 0.15) is 11.3 Å². The lowest BCUT2D eigenvalue weighted by molar-refractivity contribution is -0.122. The van der Waals surface area contributed by atoms with Gasteiger partial charge in [0.2, 0.25) is 0 Å². The largest absolute Gasteiger partial charge is 0.491 e. The van der Waals surface area contributed by atoms with Crippen LogP contribution < -0.4 is 15.0 Å². The maximum absolute atomic E-state index is 13.1. The average Bonchev–Trinajstić information content (AvgIpc) is 2.67. The van der Waals surface area contributed by atoms with Crippen molar-refractivity contribution in [3.8, 4) is 5.75 Å². The Morgan fingerprint density at radius 3 is 2.45 bits per heavy atom. The quantitative estimate of drug-likeness (QED) is 0.455. The highest BCUT2D eigenvalue weighted by Crippen LogP contribution is 2.26. The van der Waals surface area contributed by atoms with E-state index in [0.29, 0.717) is 5.69 Å². The molecule has 1 saturated heterocycles. The average molecular weight is 409 g/mol. The molecule has 2 aromatic carbocycles. The molecule has 0 aliphatic carbocycles. The molecule has 0 saturated carbocycles. The summed E-state index contributed by atoms with van der Waals surface area (Å²) in [6.45, 7) is 7.96. The molecule has 0 unspecified atom stereocenters. The molecule has 0 spiro atoms. The summed E-state index contributed by atoms with van der Waals surface area (Å²) in [6.07, 6.45) is 2.61. The molecule has 3 rings (SSSR count). The highest BCUT2D eigenvalue weighted by Gasteiger charge is 2.35. The molecule has 0 radical (unpaired) electrons. The van der Waals surface area contributed by atoms with Crippen molar-refractivity contribution in [2.24, 2.45) is 0 Å². The highest BCUT2D eigenvalue weighted by atomic mass is 32.1. The van der Waals surface area contributed by atoms with E-state index in [1.54, 1.807) is 6.08 Å². The van der Waals surface area contributed by atoms with Crippen LogP contribution in [-0.2, 0) is 9.59 Å². The second kappa shape index (κ2) is 8.57. The Bertz CT molecular complexity index is 996. The van der Waals surface area contributed by atoms with Gasteiger partial charge in [-0.1, -0.05) is 36.8 Å². The van der Waals surface area contributed by atoms with Gasteiger partial charge in [-0.3, -0.25) is 19.8 Å². The first-order valence-electron chi connectivity index (χ1n) is 9.55. The van der Waals surface area contributed by atoms with Gasteiger partial charge >= 0.3 is 0 Å². The van der Waals surface area contributed by atoms with Crippen LogP contribution in [0.2, 0.25) is 0 Å². The maximum Gasteiger partial charge on any atom is 0.270 e. The molecule has 1 fully saturated rings. The van der Waals surface area contributed by atoms with E-state index in [9.17, 15) is 9.59 Å². The van der Waals surface area contributed by atoms with Crippen LogP contribution in [0.15, 0.2) is 48.0 Å². The van der Waals surface area contributed by atoms with Crippen LogP contribution in [0.5, 0.6) is 5.75 Å². The first kappa shape index (κ1) is 20.7. The summed E-state index contributed by atoms with van der Waals surface area (Å²) >= 11 is 5.27. The molecular weight excluding hydrogens is 384 g/mol. The summed E-state index contributed by atoms with van der Waals surface area (Å²) in [5.41, 5.74) is 3.42. The molecule has 1 aliphatic rings. The zero-order chi connectivity index (χ0) is 21.1. The van der Waals surface area contributed by atoms with E-state index >= 15 is 0 Å². The Kier molecular flexibility index (Phi) is 6.13. The number of hydrogen-bond acceptors (Lipinski definition) is 4. The third-order valence-corrected chi connectivity index (χ3v) is 5.08. The van der Waals surface area contributed by atoms with E-state index in [1.807, 2.05) is 63.2 Å². The molecule has 1 aliphatic heterocycles. The number of thiocarbonyl (C=S) groups is 1. The van der Waals surface area contributed by atoms with Crippen LogP contribution in [-0.4, -0.2) is 23.0 Å². The minimum atomic E-state index is -0.499. The fraction of sp³-hybridized carbons (Fsp3) is 0.261. The molecule has 1 heterocycles. The fourth-order valence-electron chi connectivity index (χ4n) is 3.06. The number of nitrogens with one attached hydrogen (secondary N) is 1. The van der Waals surface area contributed by atoms with E-state index in [0.717, 1.165) is 28.9 Å². The van der Waals surface area contributed by atoms with E-state index in [2.05, 4.69) is 12.2 Å². The zero-order valence-corrected chi connectivity index (χ0v) is 17.8. The van der Waals surface area contributed by atoms with Gasteiger partial charge in [-0.15, -0.1) is 0 Å². The molecule has 2 aromatic rings. The summed E-state index contributed by atoms with van der Waals surface area (Å²) in [5, 5.41) is 2.70. The van der Waals surface area contributed by atoms with Crippen LogP contribution in [0.3, 0.4) is 0 Å². The summed E-state index contributed by atoms with van der Waals surface area (Å²) in [7, 11) is 0. The smallest absolute Gasteiger partial charge is 0.270 e. The normalized spacial score (nSPS) is 16.8. The van der Waals surface area contributed by atoms with Crippen molar-refractivity contribution in [1.82, 2.24) is 5.32 Å². The second-order valence-electron chi connectivity index (χ2n) is 7.15. The van der Waals surface area contributed by atoms with Gasteiger partial charge in [0.05, 0.1) is 11.8 Å². The predicted molar refractivity (Wildman–Crippen MR) is 119 cm³/mol. The van der Waals surface area contributed by atoms with Gasteiger partial charge in [0.25, 0.3) is 11.8 Å². The van der Waals surface area contributed by atoms with Crippen molar-refractivity contribution >= 4 is 40.9 Å². The van der Waals surface area contributed by atoms with Crippen LogP contribution >= 0.6 is 12.2 Å². The summed E-state index contributed by atoms with van der Waals surface area (Å²) < 4.78 is 5.77. The van der Waals surface area contributed by atoms with Crippen molar-refractivity contribution in [2.75, 3.05) is 4.90 Å². The number of rotatable bonds is 5. The van der Waals surface area contributed by atoms with E-state index in [4.69, 9.17) is 17.0 Å². The summed E-state index contributed by atoms with van der Waals surface area (Å²) in [6, 6.07) is 13.0. The molecule has 0 bridgehead atoms. The first-order chi connectivity index (χ1) is 13.8. The van der Waals surface area contributed by atoms with Crippen LogP contribution in [0, 0.1) is 13.8 Å². The number of anilines is 1. The van der Waals surface area contributed by atoms with Gasteiger partial charge < -0.3 is 4.74 Å². The Morgan fingerprint density at radius 2 is 1.83 bits per heavy atom. The van der Waals surface area contributed by atoms with Crippen LogP contribution in [0.1, 0.15) is 37.0 Å². The van der Waals surface area contributed by atoms with Gasteiger partial charge in [-0.05, 0) is 74.8 Å². The molecule has 6 heteroatoms. The van der Waals surface area contributed by atoms with Gasteiger partial charge in [-0.25, -0.2) is 0 Å². The van der Waals surface area contributed by atoms with Gasteiger partial charge in [0.15, 0.2) is 5.11 Å². The minimum absolute atomic E-state index is 0.0363. The summed E-state index contributed by atoms with van der Waals surface area (Å²) in [5.74, 6) is -0.189. The number of carbonyl (C=O) groups is 2. The molecule has 0 aromatic heterocycles. The third-order valence-electron chi connectivity index (χ3n) is 4.80. The number of hydrogen-bond donors (Lipinski definition) is 1. The number of ether oxygens (including phenoxy) is 1. The third kappa shape index (κ3) is 4.54. The maximum atomic E-state index is 13.1. The van der Waals surface area contributed by atoms with Gasteiger partial charge in [-0.2, -0.15) is 0 Å². The standard InChI is InChI=1S/C23H24N2O3S/c1-5-16(4)28-18-9-7-17(8-10-18)13-19-21(26)24-23(29)25(22(19)27)20-11-6-14(2)12-15(20)3/h6-13,16H,5H2,1-4H3,(H,24,26,29)/b19-13-/t16-/m1/s1. The predicted octanol–water partition coefficient (Wildman–Crippen LogP) is 4.31. The molecule has 1 N–H and O–H groups in total. The lowest BCUT2D eigenvalue weighted by Gasteiger charge is -2.30. The monoisotopic (exact) mass is 408 g/mol. The van der Waals surface area contributed by atoms with Crippen molar-refractivity contribution in [3.05, 3.63) is 64.7 Å². The van der Waals surface area contributed by atoms with E-state index in [-0.39, 0.29) is 16.8 Å². The molecule has 150 valence electrons. The molecule has 1 atom stereocenters. The lowest BCUT2D eigenvalue weighted by Crippen LogP contribution is -2.54. The zero-order valence-electron chi connectivity index (χ0n) is 17.0. The second-order valence-corrected chi connectivity index (χ2v) is 7.54. The number of carbonyl (C=O) groups excluding carboxylic acids is 2. The number of nitrogens with zero attached hydrogens (tertiary/aromatic N) is 1. The number of benzene rings is 2. The Hall–Kier alpha value is -2.99. The first-order valence-corrected chi connectivity index (χ1v) is 9.96. The van der Waals surface area contributed by atoms with Crippen molar-refractivity contribution in [2.45, 2.75) is 40.2 Å². The fourth-order valence-corrected chi connectivity index (χ4v) is 3.33. The SMILES string of the molecule is CC[C@@H](C)Oc1ccc(/C=C2/C(=O)NC(=S)N(c3ccc(C)cc3C)C2=O)cc1. The highest BCUT2D eigenvalue weighted by molar-refractivity contribution is 7.80. The van der Waals surface area contributed by atoms with Crippen LogP contribution in [0.25, 0.3) is 6.08 Å². The molecular formula is C23H24N2O3S. The van der Waals surface area contributed by atoms with E-state index in [1.165, 1.54) is 4.90 Å². The van der Waals surface area contributed by atoms with Gasteiger partial charge in [0, 0.05) is 0 Å². The lowest BCUT2D eigenvalue weighted by atomic mass is 10.0. The Balaban J connectivity index is 1.91. The van der Waals surface area contributed by atoms with Crippen molar-refractivity contribution < 1.29 is 14.3 Å². The Labute approximate surface area is 176 Å². The van der Waals surface area contributed by atoms with Crippen LogP contribution in [0.4, 0.5) is 5.69 Å². The Morgan fingerprint density at radius 1 is 1.14 bits per heavy atom.